The topological polar surface area (TPSA) is 79.8 Å². The second-order valence-electron chi connectivity index (χ2n) is 7.79. The number of fused-ring (bicyclic) bond motifs is 1. The van der Waals surface area contributed by atoms with Gasteiger partial charge in [-0.15, -0.1) is 0 Å². The minimum atomic E-state index is -0.345. The van der Waals surface area contributed by atoms with Crippen LogP contribution in [-0.4, -0.2) is 29.3 Å². The number of amides is 1. The summed E-state index contributed by atoms with van der Waals surface area (Å²) in [6.45, 7) is 8.03. The average molecular weight is 452 g/mol. The number of esters is 1. The van der Waals surface area contributed by atoms with Crippen molar-refractivity contribution in [1.29, 1.82) is 0 Å². The average Bonchev–Trinajstić information content (AvgIpc) is 2.92. The number of thioether (sulfide) groups is 1. The van der Waals surface area contributed by atoms with Crippen molar-refractivity contribution in [2.75, 3.05) is 17.7 Å². The van der Waals surface area contributed by atoms with Gasteiger partial charge in [0.15, 0.2) is 0 Å². The van der Waals surface area contributed by atoms with Gasteiger partial charge in [-0.25, -0.2) is 4.99 Å². The maximum atomic E-state index is 13.1. The van der Waals surface area contributed by atoms with E-state index in [9.17, 15) is 9.59 Å². The molecule has 1 aliphatic rings. The smallest absolute Gasteiger partial charge is 0.311 e. The molecule has 168 valence electrons. The minimum Gasteiger partial charge on any atom is -0.469 e. The Morgan fingerprint density at radius 1 is 1.16 bits per heavy atom. The Bertz CT molecular complexity index is 1070. The van der Waals surface area contributed by atoms with Crippen LogP contribution in [0.3, 0.4) is 0 Å². The van der Waals surface area contributed by atoms with E-state index in [1.807, 2.05) is 58.0 Å². The Balaban J connectivity index is 1.86. The standard InChI is InChI=1S/C25H29N3O3S/c1-6-21(25(30)28-24-16(3)11-15(2)12-17(24)4)32-22-13-18(14-23(29)31-5)26-19-9-7-8-10-20(19)27-22/h7-13,21,26H,6,14H2,1-5H3,(H,28,30)/t21-/m0/s1. The molecule has 0 aliphatic carbocycles. The quantitative estimate of drug-likeness (QED) is 0.554. The van der Waals surface area contributed by atoms with Gasteiger partial charge in [0.2, 0.25) is 5.91 Å². The number of nitrogens with zero attached hydrogens (tertiary/aromatic N) is 1. The van der Waals surface area contributed by atoms with Crippen LogP contribution in [0.15, 0.2) is 53.2 Å². The monoisotopic (exact) mass is 451 g/mol. The third-order valence-corrected chi connectivity index (χ3v) is 6.42. The Kier molecular flexibility index (Phi) is 7.75. The van der Waals surface area contributed by atoms with E-state index >= 15 is 0 Å². The molecule has 7 heteroatoms. The molecule has 0 radical (unpaired) electrons. The molecular weight excluding hydrogens is 422 g/mol. The molecule has 0 bridgehead atoms. The second kappa shape index (κ2) is 10.5. The second-order valence-corrected chi connectivity index (χ2v) is 9.02. The van der Waals surface area contributed by atoms with Crippen LogP contribution in [0.25, 0.3) is 0 Å². The van der Waals surface area contributed by atoms with Crippen molar-refractivity contribution in [1.82, 2.24) is 0 Å². The van der Waals surface area contributed by atoms with Crippen LogP contribution >= 0.6 is 11.8 Å². The lowest BCUT2D eigenvalue weighted by molar-refractivity contribution is -0.139. The molecular formula is C25H29N3O3S. The van der Waals surface area contributed by atoms with Crippen molar-refractivity contribution >= 4 is 45.7 Å². The molecule has 1 amide bonds. The molecule has 0 aromatic heterocycles. The summed E-state index contributed by atoms with van der Waals surface area (Å²) in [6.07, 6.45) is 2.55. The van der Waals surface area contributed by atoms with Gasteiger partial charge in [0.1, 0.15) is 0 Å². The number of carbonyl (C=O) groups is 2. The van der Waals surface area contributed by atoms with E-state index in [-0.39, 0.29) is 23.5 Å². The van der Waals surface area contributed by atoms with Crippen LogP contribution in [0.2, 0.25) is 0 Å². The molecule has 2 aromatic rings. The normalized spacial score (nSPS) is 13.7. The van der Waals surface area contributed by atoms with Crippen LogP contribution in [0, 0.1) is 20.8 Å². The summed E-state index contributed by atoms with van der Waals surface area (Å²) < 4.78 is 4.82. The number of aliphatic imine (C=N–C) groups is 1. The molecule has 0 saturated carbocycles. The molecule has 1 heterocycles. The first-order valence-corrected chi connectivity index (χ1v) is 11.5. The van der Waals surface area contributed by atoms with E-state index in [1.165, 1.54) is 24.4 Å². The third-order valence-electron chi connectivity index (χ3n) is 5.14. The lowest BCUT2D eigenvalue weighted by Crippen LogP contribution is -2.26. The van der Waals surface area contributed by atoms with Gasteiger partial charge in [0, 0.05) is 11.4 Å². The number of aryl methyl sites for hydroxylation is 3. The van der Waals surface area contributed by atoms with Crippen LogP contribution < -0.4 is 10.6 Å². The van der Waals surface area contributed by atoms with Gasteiger partial charge in [0.25, 0.3) is 0 Å². The van der Waals surface area contributed by atoms with E-state index in [0.29, 0.717) is 17.2 Å². The largest absolute Gasteiger partial charge is 0.469 e. The SMILES string of the molecule is CC[C@H](SC1=Nc2ccccc2NC(CC(=O)OC)=C1)C(=O)Nc1c(C)cc(C)cc1C. The molecule has 32 heavy (non-hydrogen) atoms. The van der Waals surface area contributed by atoms with E-state index in [4.69, 9.17) is 9.73 Å². The van der Waals surface area contributed by atoms with Gasteiger partial charge < -0.3 is 15.4 Å². The molecule has 2 aromatic carbocycles. The highest BCUT2D eigenvalue weighted by atomic mass is 32.2. The Labute approximate surface area is 193 Å². The molecule has 1 aliphatic heterocycles. The van der Waals surface area contributed by atoms with Crippen molar-refractivity contribution < 1.29 is 14.3 Å². The fourth-order valence-electron chi connectivity index (χ4n) is 3.62. The number of benzene rings is 2. The number of ether oxygens (including phenoxy) is 1. The molecule has 2 N–H and O–H groups in total. The van der Waals surface area contributed by atoms with E-state index in [0.717, 1.165) is 28.2 Å². The maximum Gasteiger partial charge on any atom is 0.311 e. The summed E-state index contributed by atoms with van der Waals surface area (Å²) in [6, 6.07) is 11.8. The third kappa shape index (κ3) is 5.79. The number of hydrogen-bond acceptors (Lipinski definition) is 6. The zero-order chi connectivity index (χ0) is 23.3. The molecule has 0 unspecified atom stereocenters. The predicted octanol–water partition coefficient (Wildman–Crippen LogP) is 5.66. The Morgan fingerprint density at radius 3 is 2.50 bits per heavy atom. The molecule has 0 fully saturated rings. The van der Waals surface area contributed by atoms with E-state index in [2.05, 4.69) is 22.8 Å². The number of hydrogen-bond donors (Lipinski definition) is 2. The fraction of sp³-hybridized carbons (Fsp3) is 0.320. The minimum absolute atomic E-state index is 0.0661. The van der Waals surface area contributed by atoms with Gasteiger partial charge in [-0.2, -0.15) is 0 Å². The summed E-state index contributed by atoms with van der Waals surface area (Å²) in [5.41, 5.74) is 6.35. The summed E-state index contributed by atoms with van der Waals surface area (Å²) in [5, 5.41) is 6.70. The van der Waals surface area contributed by atoms with Crippen molar-refractivity contribution in [3.63, 3.8) is 0 Å². The molecule has 3 rings (SSSR count). The lowest BCUT2D eigenvalue weighted by atomic mass is 10.0. The highest BCUT2D eigenvalue weighted by molar-refractivity contribution is 8.15. The first-order chi connectivity index (χ1) is 15.3. The fourth-order valence-corrected chi connectivity index (χ4v) is 4.60. The lowest BCUT2D eigenvalue weighted by Gasteiger charge is -2.18. The molecule has 0 saturated heterocycles. The summed E-state index contributed by atoms with van der Waals surface area (Å²) >= 11 is 1.39. The molecule has 0 spiro atoms. The van der Waals surface area contributed by atoms with Crippen LogP contribution in [-0.2, 0) is 14.3 Å². The van der Waals surface area contributed by atoms with Crippen LogP contribution in [0.1, 0.15) is 36.5 Å². The van der Waals surface area contributed by atoms with Crippen molar-refractivity contribution in [2.24, 2.45) is 4.99 Å². The highest BCUT2D eigenvalue weighted by Gasteiger charge is 2.23. The van der Waals surface area contributed by atoms with Crippen molar-refractivity contribution in [3.05, 3.63) is 64.9 Å². The Hall–Kier alpha value is -3.06. The zero-order valence-electron chi connectivity index (χ0n) is 19.1. The number of rotatable bonds is 6. The van der Waals surface area contributed by atoms with Gasteiger partial charge in [-0.3, -0.25) is 9.59 Å². The van der Waals surface area contributed by atoms with Gasteiger partial charge >= 0.3 is 5.97 Å². The molecule has 1 atom stereocenters. The summed E-state index contributed by atoms with van der Waals surface area (Å²) in [7, 11) is 1.36. The molecule has 6 nitrogen and oxygen atoms in total. The van der Waals surface area contributed by atoms with Crippen LogP contribution in [0.5, 0.6) is 0 Å². The number of carbonyl (C=O) groups excluding carboxylic acids is 2. The number of nitrogens with one attached hydrogen (secondary N) is 2. The van der Waals surface area contributed by atoms with Gasteiger partial charge in [-0.1, -0.05) is 48.5 Å². The number of para-hydroxylation sites is 2. The maximum absolute atomic E-state index is 13.1. The first kappa shape index (κ1) is 23.6. The number of methoxy groups -OCH3 is 1. The predicted molar refractivity (Wildman–Crippen MR) is 133 cm³/mol. The summed E-state index contributed by atoms with van der Waals surface area (Å²) in [4.78, 5) is 29.8. The van der Waals surface area contributed by atoms with Gasteiger partial charge in [-0.05, 0) is 56.5 Å². The number of anilines is 2. The van der Waals surface area contributed by atoms with Crippen molar-refractivity contribution in [3.8, 4) is 0 Å². The van der Waals surface area contributed by atoms with Gasteiger partial charge in [0.05, 0.1) is 35.2 Å². The van der Waals surface area contributed by atoms with E-state index in [1.54, 1.807) is 0 Å². The first-order valence-electron chi connectivity index (χ1n) is 10.6. The highest BCUT2D eigenvalue weighted by Crippen LogP contribution is 2.33. The Morgan fingerprint density at radius 2 is 1.84 bits per heavy atom. The van der Waals surface area contributed by atoms with E-state index < -0.39 is 0 Å². The van der Waals surface area contributed by atoms with Crippen molar-refractivity contribution in [2.45, 2.75) is 45.8 Å². The van der Waals surface area contributed by atoms with Crippen LogP contribution in [0.4, 0.5) is 17.1 Å². The zero-order valence-corrected chi connectivity index (χ0v) is 19.9. The summed E-state index contributed by atoms with van der Waals surface area (Å²) in [5.74, 6) is -0.411.